The van der Waals surface area contributed by atoms with Crippen LogP contribution in [0, 0.1) is 11.3 Å². The number of nitrogens with one attached hydrogen (secondary N) is 1. The molecule has 0 bridgehead atoms. The Balaban J connectivity index is 1.62. The lowest BCUT2D eigenvalue weighted by Crippen LogP contribution is -2.08. The van der Waals surface area contributed by atoms with Gasteiger partial charge < -0.3 is 5.32 Å². The SMILES string of the molecule is N#Cc1nnc(NCc2ccccc2)c2ccc(C(=O)Cc3cccc(C(F)(F)F)c3)cc12. The number of nitrogens with zero attached hydrogens (tertiary/aromatic N) is 3. The van der Waals surface area contributed by atoms with E-state index in [1.807, 2.05) is 36.4 Å². The van der Waals surface area contributed by atoms with E-state index in [1.54, 1.807) is 12.1 Å². The van der Waals surface area contributed by atoms with Crippen molar-refractivity contribution >= 4 is 22.4 Å². The Kier molecular flexibility index (Phi) is 6.05. The summed E-state index contributed by atoms with van der Waals surface area (Å²) in [4.78, 5) is 12.8. The van der Waals surface area contributed by atoms with Gasteiger partial charge in [0.05, 0.1) is 5.56 Å². The first kappa shape index (κ1) is 22.0. The first-order chi connectivity index (χ1) is 15.8. The van der Waals surface area contributed by atoms with E-state index >= 15 is 0 Å². The molecule has 1 aromatic heterocycles. The van der Waals surface area contributed by atoms with E-state index in [-0.39, 0.29) is 29.0 Å². The van der Waals surface area contributed by atoms with Gasteiger partial charge in [-0.05, 0) is 29.3 Å². The number of Topliss-reactive ketones (excluding diaryl/α,β-unsaturated/α-hetero) is 1. The van der Waals surface area contributed by atoms with Crippen LogP contribution in [0.25, 0.3) is 10.8 Å². The van der Waals surface area contributed by atoms with E-state index in [1.165, 1.54) is 18.2 Å². The van der Waals surface area contributed by atoms with Gasteiger partial charge in [0, 0.05) is 29.3 Å². The van der Waals surface area contributed by atoms with Gasteiger partial charge in [-0.2, -0.15) is 18.4 Å². The molecule has 164 valence electrons. The number of halogens is 3. The number of ketones is 1. The number of carbonyl (C=O) groups is 1. The summed E-state index contributed by atoms with van der Waals surface area (Å²) in [7, 11) is 0. The summed E-state index contributed by atoms with van der Waals surface area (Å²) in [5.41, 5.74) is 0.822. The summed E-state index contributed by atoms with van der Waals surface area (Å²) in [6.45, 7) is 0.493. The molecule has 4 aromatic rings. The number of benzene rings is 3. The van der Waals surface area contributed by atoms with Crippen LogP contribution in [0.3, 0.4) is 0 Å². The molecule has 5 nitrogen and oxygen atoms in total. The van der Waals surface area contributed by atoms with Crippen LogP contribution in [0.15, 0.2) is 72.8 Å². The van der Waals surface area contributed by atoms with Crippen molar-refractivity contribution in [2.24, 2.45) is 0 Å². The minimum absolute atomic E-state index is 0.0592. The van der Waals surface area contributed by atoms with Crippen molar-refractivity contribution in [1.29, 1.82) is 5.26 Å². The molecule has 3 aromatic carbocycles. The van der Waals surface area contributed by atoms with Crippen molar-refractivity contribution in [3.05, 3.63) is 101 Å². The number of anilines is 1. The minimum atomic E-state index is -4.48. The lowest BCUT2D eigenvalue weighted by molar-refractivity contribution is -0.137. The van der Waals surface area contributed by atoms with Crippen LogP contribution in [-0.4, -0.2) is 16.0 Å². The Hall–Kier alpha value is -4.25. The molecule has 1 heterocycles. The molecule has 0 saturated heterocycles. The third kappa shape index (κ3) is 4.99. The normalized spacial score (nSPS) is 11.2. The highest BCUT2D eigenvalue weighted by atomic mass is 19.4. The fraction of sp³-hybridized carbons (Fsp3) is 0.120. The van der Waals surface area contributed by atoms with Crippen LogP contribution in [0.1, 0.15) is 32.7 Å². The molecular weight excluding hydrogens is 429 g/mol. The first-order valence-electron chi connectivity index (χ1n) is 10.0. The highest BCUT2D eigenvalue weighted by molar-refractivity contribution is 6.03. The van der Waals surface area contributed by atoms with Gasteiger partial charge in [-0.25, -0.2) is 0 Å². The van der Waals surface area contributed by atoms with Crippen LogP contribution < -0.4 is 5.32 Å². The monoisotopic (exact) mass is 446 g/mol. The molecule has 0 unspecified atom stereocenters. The largest absolute Gasteiger partial charge is 0.416 e. The molecule has 1 N–H and O–H groups in total. The van der Waals surface area contributed by atoms with Crippen molar-refractivity contribution in [1.82, 2.24) is 10.2 Å². The molecule has 0 fully saturated rings. The highest BCUT2D eigenvalue weighted by Crippen LogP contribution is 2.30. The Morgan fingerprint density at radius 2 is 1.67 bits per heavy atom. The predicted molar refractivity (Wildman–Crippen MR) is 118 cm³/mol. The highest BCUT2D eigenvalue weighted by Gasteiger charge is 2.30. The van der Waals surface area contributed by atoms with Crippen molar-refractivity contribution in [2.75, 3.05) is 5.32 Å². The zero-order valence-electron chi connectivity index (χ0n) is 17.2. The van der Waals surface area contributed by atoms with Crippen LogP contribution >= 0.6 is 0 Å². The Morgan fingerprint density at radius 3 is 2.39 bits per heavy atom. The van der Waals surface area contributed by atoms with E-state index in [0.29, 0.717) is 23.1 Å². The Morgan fingerprint density at radius 1 is 0.909 bits per heavy atom. The van der Waals surface area contributed by atoms with E-state index < -0.39 is 11.7 Å². The van der Waals surface area contributed by atoms with E-state index in [0.717, 1.165) is 17.7 Å². The topological polar surface area (TPSA) is 78.7 Å². The van der Waals surface area contributed by atoms with Gasteiger partial charge >= 0.3 is 6.18 Å². The molecule has 0 aliphatic carbocycles. The van der Waals surface area contributed by atoms with Crippen LogP contribution in [-0.2, 0) is 19.1 Å². The molecular formula is C25H17F3N4O. The molecule has 4 rings (SSSR count). The second-order valence-electron chi connectivity index (χ2n) is 7.41. The second kappa shape index (κ2) is 9.09. The molecule has 33 heavy (non-hydrogen) atoms. The molecule has 0 spiro atoms. The lowest BCUT2D eigenvalue weighted by Gasteiger charge is -2.11. The summed E-state index contributed by atoms with van der Waals surface area (Å²) >= 11 is 0. The smallest absolute Gasteiger partial charge is 0.364 e. The van der Waals surface area contributed by atoms with Crippen molar-refractivity contribution < 1.29 is 18.0 Å². The van der Waals surface area contributed by atoms with Crippen LogP contribution in [0.5, 0.6) is 0 Å². The van der Waals surface area contributed by atoms with Gasteiger partial charge in [0.25, 0.3) is 0 Å². The quantitative estimate of drug-likeness (QED) is 0.393. The van der Waals surface area contributed by atoms with Gasteiger partial charge in [0.2, 0.25) is 0 Å². The van der Waals surface area contributed by atoms with E-state index in [2.05, 4.69) is 15.5 Å². The Labute approximate surface area is 187 Å². The fourth-order valence-electron chi connectivity index (χ4n) is 3.47. The van der Waals surface area contributed by atoms with Crippen molar-refractivity contribution in [2.45, 2.75) is 19.1 Å². The summed E-state index contributed by atoms with van der Waals surface area (Å²) < 4.78 is 38.9. The molecule has 0 radical (unpaired) electrons. The maximum Gasteiger partial charge on any atom is 0.416 e. The van der Waals surface area contributed by atoms with Gasteiger partial charge in [0.15, 0.2) is 17.3 Å². The number of hydrogen-bond donors (Lipinski definition) is 1. The molecule has 0 aliphatic heterocycles. The zero-order chi connectivity index (χ0) is 23.4. The third-order valence-corrected chi connectivity index (χ3v) is 5.13. The lowest BCUT2D eigenvalue weighted by atomic mass is 9.98. The maximum atomic E-state index is 13.0. The molecule has 0 aliphatic rings. The number of hydrogen-bond acceptors (Lipinski definition) is 5. The van der Waals surface area contributed by atoms with Gasteiger partial charge in [-0.15, -0.1) is 10.2 Å². The summed E-state index contributed by atoms with van der Waals surface area (Å²) in [6.07, 6.45) is -4.68. The summed E-state index contributed by atoms with van der Waals surface area (Å²) in [5.74, 6) is 0.0976. The number of rotatable bonds is 6. The molecule has 0 saturated carbocycles. The third-order valence-electron chi connectivity index (χ3n) is 5.13. The summed E-state index contributed by atoms with van der Waals surface area (Å²) in [5, 5.41) is 21.7. The van der Waals surface area contributed by atoms with Gasteiger partial charge in [0.1, 0.15) is 6.07 Å². The number of alkyl halides is 3. The molecule has 0 amide bonds. The summed E-state index contributed by atoms with van der Waals surface area (Å²) in [6, 6.07) is 21.1. The van der Waals surface area contributed by atoms with E-state index in [9.17, 15) is 23.2 Å². The maximum absolute atomic E-state index is 13.0. The second-order valence-corrected chi connectivity index (χ2v) is 7.41. The molecule has 8 heteroatoms. The standard InChI is InChI=1S/C25H17F3N4O/c26-25(27,28)19-8-4-7-17(11-19)12-23(33)18-9-10-20-21(13-18)22(14-29)31-32-24(20)30-15-16-5-2-1-3-6-16/h1-11,13H,12,15H2,(H,30,32). The number of fused-ring (bicyclic) bond motifs is 1. The van der Waals surface area contributed by atoms with E-state index in [4.69, 9.17) is 0 Å². The first-order valence-corrected chi connectivity index (χ1v) is 10.0. The van der Waals surface area contributed by atoms with Crippen molar-refractivity contribution in [3.8, 4) is 6.07 Å². The van der Waals surface area contributed by atoms with Crippen LogP contribution in [0.4, 0.5) is 19.0 Å². The predicted octanol–water partition coefficient (Wildman–Crippen LogP) is 5.56. The fourth-order valence-corrected chi connectivity index (χ4v) is 3.47. The van der Waals surface area contributed by atoms with Crippen LogP contribution in [0.2, 0.25) is 0 Å². The zero-order valence-corrected chi connectivity index (χ0v) is 17.2. The number of nitriles is 1. The molecule has 0 atom stereocenters. The number of aromatic nitrogens is 2. The average molecular weight is 446 g/mol. The Bertz CT molecular complexity index is 1360. The van der Waals surface area contributed by atoms with Crippen molar-refractivity contribution in [3.63, 3.8) is 0 Å². The van der Waals surface area contributed by atoms with Gasteiger partial charge in [-0.3, -0.25) is 4.79 Å². The minimum Gasteiger partial charge on any atom is -0.364 e. The average Bonchev–Trinajstić information content (AvgIpc) is 2.82. The van der Waals surface area contributed by atoms with Gasteiger partial charge in [-0.1, -0.05) is 54.6 Å². The number of carbonyl (C=O) groups excluding carboxylic acids is 1.